The van der Waals surface area contributed by atoms with Crippen molar-refractivity contribution in [1.29, 1.82) is 0 Å². The Bertz CT molecular complexity index is 627. The predicted octanol–water partition coefficient (Wildman–Crippen LogP) is 5.67. The van der Waals surface area contributed by atoms with E-state index in [1.54, 1.807) is 6.92 Å². The third kappa shape index (κ3) is 3.92. The lowest BCUT2D eigenvalue weighted by Gasteiger charge is -2.10. The zero-order valence-electron chi connectivity index (χ0n) is 12.8. The fourth-order valence-corrected chi connectivity index (χ4v) is 4.02. The van der Waals surface area contributed by atoms with E-state index in [0.717, 1.165) is 22.2 Å². The second-order valence-corrected chi connectivity index (χ2v) is 7.18. The molecule has 0 atom stereocenters. The second-order valence-electron chi connectivity index (χ2n) is 5.81. The van der Waals surface area contributed by atoms with Crippen LogP contribution in [0.5, 0.6) is 0 Å². The predicted molar refractivity (Wildman–Crippen MR) is 94.3 cm³/mol. The molecule has 0 bridgehead atoms. The van der Waals surface area contributed by atoms with Crippen LogP contribution >= 0.6 is 11.8 Å². The summed E-state index contributed by atoms with van der Waals surface area (Å²) >= 11 is 2.01. The van der Waals surface area contributed by atoms with Gasteiger partial charge in [0, 0.05) is 27.1 Å². The lowest BCUT2D eigenvalue weighted by atomic mass is 10.1. The fourth-order valence-electron chi connectivity index (χ4n) is 2.77. The van der Waals surface area contributed by atoms with E-state index >= 15 is 0 Å². The topological polar surface area (TPSA) is 29.1 Å². The minimum absolute atomic E-state index is 0.0971. The average molecular weight is 311 g/mol. The highest BCUT2D eigenvalue weighted by atomic mass is 32.2. The van der Waals surface area contributed by atoms with Gasteiger partial charge in [0.1, 0.15) is 0 Å². The van der Waals surface area contributed by atoms with Crippen LogP contribution in [0.25, 0.3) is 0 Å². The number of rotatable bonds is 5. The summed E-state index contributed by atoms with van der Waals surface area (Å²) in [6, 6.07) is 16.2. The maximum atomic E-state index is 11.3. The van der Waals surface area contributed by atoms with Crippen LogP contribution in [0.1, 0.15) is 43.0 Å². The average Bonchev–Trinajstić information content (AvgIpc) is 3.03. The Morgan fingerprint density at radius 3 is 2.05 bits per heavy atom. The van der Waals surface area contributed by atoms with E-state index in [1.807, 2.05) is 36.0 Å². The molecular formula is C19H21NOS. The van der Waals surface area contributed by atoms with Crippen molar-refractivity contribution < 1.29 is 4.79 Å². The summed E-state index contributed by atoms with van der Waals surface area (Å²) in [6.07, 6.45) is 5.47. The smallest absolute Gasteiger partial charge is 0.159 e. The van der Waals surface area contributed by atoms with Gasteiger partial charge in [0.25, 0.3) is 0 Å². The molecule has 3 rings (SSSR count). The third-order valence-electron chi connectivity index (χ3n) is 4.04. The van der Waals surface area contributed by atoms with Crippen molar-refractivity contribution in [2.24, 2.45) is 0 Å². The van der Waals surface area contributed by atoms with Crippen LogP contribution in [-0.4, -0.2) is 11.0 Å². The van der Waals surface area contributed by atoms with E-state index in [1.165, 1.54) is 30.6 Å². The molecule has 0 amide bonds. The van der Waals surface area contributed by atoms with Crippen LogP contribution in [0.15, 0.2) is 53.4 Å². The number of ketones is 1. The highest BCUT2D eigenvalue weighted by Crippen LogP contribution is 2.35. The molecule has 22 heavy (non-hydrogen) atoms. The summed E-state index contributed by atoms with van der Waals surface area (Å²) in [5.41, 5.74) is 2.82. The molecule has 0 aromatic heterocycles. The normalized spacial score (nSPS) is 15.0. The van der Waals surface area contributed by atoms with Gasteiger partial charge in [-0.3, -0.25) is 4.79 Å². The first kappa shape index (κ1) is 15.2. The molecule has 2 nitrogen and oxygen atoms in total. The van der Waals surface area contributed by atoms with E-state index < -0.39 is 0 Å². The Hall–Kier alpha value is -1.74. The number of benzene rings is 2. The van der Waals surface area contributed by atoms with Crippen molar-refractivity contribution >= 4 is 28.9 Å². The van der Waals surface area contributed by atoms with Gasteiger partial charge in [-0.25, -0.2) is 0 Å². The number of carbonyl (C=O) groups is 1. The molecule has 114 valence electrons. The molecule has 0 spiro atoms. The van der Waals surface area contributed by atoms with Gasteiger partial charge in [0.2, 0.25) is 0 Å². The monoisotopic (exact) mass is 311 g/mol. The molecular weight excluding hydrogens is 290 g/mol. The van der Waals surface area contributed by atoms with Gasteiger partial charge in [-0.2, -0.15) is 0 Å². The summed E-state index contributed by atoms with van der Waals surface area (Å²) in [5.74, 6) is 0.0971. The number of Topliss-reactive ketones (excluding diaryl/α,β-unsaturated/α-hetero) is 1. The number of carbonyl (C=O) groups excluding carboxylic acids is 1. The van der Waals surface area contributed by atoms with Crippen molar-refractivity contribution in [3.05, 3.63) is 54.1 Å². The van der Waals surface area contributed by atoms with Crippen molar-refractivity contribution in [3.63, 3.8) is 0 Å². The molecule has 0 saturated heterocycles. The van der Waals surface area contributed by atoms with Crippen LogP contribution in [0, 0.1) is 0 Å². The van der Waals surface area contributed by atoms with Gasteiger partial charge in [-0.15, -0.1) is 11.8 Å². The molecule has 0 radical (unpaired) electrons. The Morgan fingerprint density at radius 2 is 1.50 bits per heavy atom. The molecule has 1 aliphatic rings. The van der Waals surface area contributed by atoms with Crippen molar-refractivity contribution in [1.82, 2.24) is 0 Å². The molecule has 2 aromatic rings. The van der Waals surface area contributed by atoms with Crippen LogP contribution in [0.4, 0.5) is 11.4 Å². The lowest BCUT2D eigenvalue weighted by Crippen LogP contribution is -1.95. The molecule has 3 heteroatoms. The highest BCUT2D eigenvalue weighted by molar-refractivity contribution is 8.00. The van der Waals surface area contributed by atoms with Crippen LogP contribution in [-0.2, 0) is 0 Å². The van der Waals surface area contributed by atoms with Gasteiger partial charge in [-0.1, -0.05) is 12.8 Å². The minimum atomic E-state index is 0.0971. The number of thioether (sulfide) groups is 1. The molecule has 1 N–H and O–H groups in total. The van der Waals surface area contributed by atoms with Gasteiger partial charge < -0.3 is 5.32 Å². The zero-order valence-corrected chi connectivity index (χ0v) is 13.7. The molecule has 1 saturated carbocycles. The zero-order chi connectivity index (χ0) is 15.4. The summed E-state index contributed by atoms with van der Waals surface area (Å²) in [5, 5.41) is 4.17. The summed E-state index contributed by atoms with van der Waals surface area (Å²) in [7, 11) is 0. The second kappa shape index (κ2) is 7.01. The first-order valence-electron chi connectivity index (χ1n) is 7.85. The maximum absolute atomic E-state index is 11.3. The van der Waals surface area contributed by atoms with E-state index in [4.69, 9.17) is 0 Å². The first-order valence-corrected chi connectivity index (χ1v) is 8.73. The van der Waals surface area contributed by atoms with Gasteiger partial charge >= 0.3 is 0 Å². The molecule has 0 unspecified atom stereocenters. The Kier molecular flexibility index (Phi) is 4.84. The summed E-state index contributed by atoms with van der Waals surface area (Å²) in [6.45, 7) is 1.59. The first-order chi connectivity index (χ1) is 10.7. The highest BCUT2D eigenvalue weighted by Gasteiger charge is 2.15. The SMILES string of the molecule is CC(=O)c1ccc(Nc2ccc(SC3CCCC3)cc2)cc1. The molecule has 1 fully saturated rings. The van der Waals surface area contributed by atoms with Crippen molar-refractivity contribution in [2.75, 3.05) is 5.32 Å². The fraction of sp³-hybridized carbons (Fsp3) is 0.316. The van der Waals surface area contributed by atoms with E-state index in [0.29, 0.717) is 0 Å². The quantitative estimate of drug-likeness (QED) is 0.722. The Labute approximate surface area is 136 Å². The molecule has 1 aliphatic carbocycles. The van der Waals surface area contributed by atoms with E-state index in [9.17, 15) is 4.79 Å². The lowest BCUT2D eigenvalue weighted by molar-refractivity contribution is 0.101. The summed E-state index contributed by atoms with van der Waals surface area (Å²) in [4.78, 5) is 12.6. The molecule has 0 heterocycles. The number of anilines is 2. The standard InChI is InChI=1S/C19H21NOS/c1-14(21)15-6-8-16(9-7-15)20-17-10-12-19(13-11-17)22-18-4-2-3-5-18/h6-13,18,20H,2-5H2,1H3. The van der Waals surface area contributed by atoms with Crippen molar-refractivity contribution in [3.8, 4) is 0 Å². The molecule has 0 aliphatic heterocycles. The largest absolute Gasteiger partial charge is 0.356 e. The van der Waals surface area contributed by atoms with E-state index in [2.05, 4.69) is 29.6 Å². The van der Waals surface area contributed by atoms with Gasteiger partial charge in [-0.05, 0) is 68.3 Å². The van der Waals surface area contributed by atoms with Crippen LogP contribution in [0.2, 0.25) is 0 Å². The van der Waals surface area contributed by atoms with Crippen LogP contribution in [0.3, 0.4) is 0 Å². The summed E-state index contributed by atoms with van der Waals surface area (Å²) < 4.78 is 0. The van der Waals surface area contributed by atoms with Gasteiger partial charge in [0.05, 0.1) is 0 Å². The number of hydrogen-bond acceptors (Lipinski definition) is 3. The van der Waals surface area contributed by atoms with Crippen molar-refractivity contribution in [2.45, 2.75) is 42.8 Å². The maximum Gasteiger partial charge on any atom is 0.159 e. The van der Waals surface area contributed by atoms with Crippen LogP contribution < -0.4 is 5.32 Å². The molecule has 2 aromatic carbocycles. The Morgan fingerprint density at radius 1 is 0.955 bits per heavy atom. The number of hydrogen-bond donors (Lipinski definition) is 1. The third-order valence-corrected chi connectivity index (χ3v) is 5.39. The van der Waals surface area contributed by atoms with Gasteiger partial charge in [0.15, 0.2) is 5.78 Å². The minimum Gasteiger partial charge on any atom is -0.356 e. The number of nitrogens with one attached hydrogen (secondary N) is 1. The Balaban J connectivity index is 1.61. The van der Waals surface area contributed by atoms with E-state index in [-0.39, 0.29) is 5.78 Å².